The molecule has 2 aromatic carbocycles. The lowest BCUT2D eigenvalue weighted by Crippen LogP contribution is -2.44. The largest absolute Gasteiger partial charge is 0.304 e. The first kappa shape index (κ1) is 25.8. The van der Waals surface area contributed by atoms with Crippen LogP contribution in [0, 0.1) is 0 Å². The van der Waals surface area contributed by atoms with Crippen molar-refractivity contribution in [2.45, 2.75) is 24.9 Å². The molecular weight excluding hydrogens is 608 g/mol. The zero-order chi connectivity index (χ0) is 24.6. The fourth-order valence-electron chi connectivity index (χ4n) is 4.07. The number of benzene rings is 2. The maximum Gasteiger partial charge on any atom is 0.261 e. The highest BCUT2D eigenvalue weighted by molar-refractivity contribution is 9.11. The van der Waals surface area contributed by atoms with Crippen molar-refractivity contribution in [1.82, 2.24) is 19.4 Å². The molecule has 0 saturated carbocycles. The third-order valence-electron chi connectivity index (χ3n) is 6.16. The van der Waals surface area contributed by atoms with Crippen molar-refractivity contribution in [3.8, 4) is 0 Å². The lowest BCUT2D eigenvalue weighted by Gasteiger charge is -2.32. The summed E-state index contributed by atoms with van der Waals surface area (Å²) in [5.41, 5.74) is 1.84. The van der Waals surface area contributed by atoms with E-state index in [1.54, 1.807) is 25.1 Å². The minimum absolute atomic E-state index is 0.0392. The highest BCUT2D eigenvalue weighted by Gasteiger charge is 2.21. The quantitative estimate of drug-likeness (QED) is 0.407. The summed E-state index contributed by atoms with van der Waals surface area (Å²) in [6.45, 7) is 6.38. The van der Waals surface area contributed by atoms with Crippen LogP contribution >= 0.6 is 43.5 Å². The van der Waals surface area contributed by atoms with E-state index in [-0.39, 0.29) is 22.8 Å². The molecule has 4 rings (SSSR count). The molecule has 0 radical (unpaired) electrons. The Morgan fingerprint density at radius 3 is 2.47 bits per heavy atom. The summed E-state index contributed by atoms with van der Waals surface area (Å²) in [6, 6.07) is 6.43. The van der Waals surface area contributed by atoms with Gasteiger partial charge < -0.3 is 4.90 Å². The maximum atomic E-state index is 13.4. The molecule has 182 valence electrons. The van der Waals surface area contributed by atoms with Crippen molar-refractivity contribution in [1.29, 1.82) is 0 Å². The van der Waals surface area contributed by atoms with Gasteiger partial charge in [0.15, 0.2) is 9.84 Å². The molecule has 0 aliphatic carbocycles. The lowest BCUT2D eigenvalue weighted by atomic mass is 10.1. The van der Waals surface area contributed by atoms with E-state index in [1.807, 2.05) is 0 Å². The molecule has 0 bridgehead atoms. The van der Waals surface area contributed by atoms with Gasteiger partial charge in [-0.3, -0.25) is 14.3 Å². The second kappa shape index (κ2) is 10.4. The van der Waals surface area contributed by atoms with Crippen LogP contribution in [0.2, 0.25) is 5.02 Å². The monoisotopic (exact) mass is 630 g/mol. The molecule has 1 aliphatic rings. The van der Waals surface area contributed by atoms with Crippen molar-refractivity contribution >= 4 is 64.2 Å². The molecule has 0 amide bonds. The van der Waals surface area contributed by atoms with E-state index in [9.17, 15) is 13.2 Å². The molecule has 1 saturated heterocycles. The van der Waals surface area contributed by atoms with Crippen LogP contribution in [-0.4, -0.2) is 66.7 Å². The number of hydrogen-bond donors (Lipinski definition) is 0. The molecule has 34 heavy (non-hydrogen) atoms. The summed E-state index contributed by atoms with van der Waals surface area (Å²) in [5.74, 6) is -0.0392. The van der Waals surface area contributed by atoms with Crippen molar-refractivity contribution in [2.75, 3.05) is 39.0 Å². The summed E-state index contributed by atoms with van der Waals surface area (Å²) in [4.78, 5) is 22.8. The number of piperazine rings is 1. The predicted octanol–water partition coefficient (Wildman–Crippen LogP) is 4.16. The van der Waals surface area contributed by atoms with E-state index in [4.69, 9.17) is 11.6 Å². The molecule has 11 heteroatoms. The maximum absolute atomic E-state index is 13.4. The molecule has 0 N–H and O–H groups in total. The zero-order valence-corrected chi connectivity index (χ0v) is 23.6. The van der Waals surface area contributed by atoms with Gasteiger partial charge in [0.05, 0.1) is 34.4 Å². The van der Waals surface area contributed by atoms with E-state index in [1.165, 1.54) is 17.0 Å². The Bertz CT molecular complexity index is 1400. The summed E-state index contributed by atoms with van der Waals surface area (Å²) in [5, 5.41) is 0.858. The first-order valence-corrected chi connectivity index (χ1v) is 14.5. The lowest BCUT2D eigenvalue weighted by molar-refractivity contribution is 0.148. The first-order valence-electron chi connectivity index (χ1n) is 10.9. The van der Waals surface area contributed by atoms with Crippen LogP contribution in [-0.2, 0) is 22.9 Å². The Morgan fingerprint density at radius 1 is 1.09 bits per heavy atom. The van der Waals surface area contributed by atoms with Gasteiger partial charge in [0, 0.05) is 46.7 Å². The van der Waals surface area contributed by atoms with Crippen molar-refractivity contribution in [2.24, 2.45) is 0 Å². The zero-order valence-electron chi connectivity index (χ0n) is 18.9. The number of halogens is 3. The highest BCUT2D eigenvalue weighted by Crippen LogP contribution is 2.33. The van der Waals surface area contributed by atoms with E-state index in [0.717, 1.165) is 47.2 Å². The van der Waals surface area contributed by atoms with E-state index >= 15 is 0 Å². The van der Waals surface area contributed by atoms with E-state index in [2.05, 4.69) is 53.7 Å². The molecular formula is C23H25Br2ClN4O3S. The Labute approximate surface area is 220 Å². The normalized spacial score (nSPS) is 15.8. The van der Waals surface area contributed by atoms with Crippen LogP contribution in [0.15, 0.2) is 49.2 Å². The van der Waals surface area contributed by atoms with Gasteiger partial charge in [0.25, 0.3) is 5.56 Å². The third-order valence-corrected chi connectivity index (χ3v) is 9.79. The van der Waals surface area contributed by atoms with Gasteiger partial charge in [-0.25, -0.2) is 13.4 Å². The summed E-state index contributed by atoms with van der Waals surface area (Å²) in [7, 11) is -1.35. The average Bonchev–Trinajstić information content (AvgIpc) is 2.80. The molecule has 1 aliphatic heterocycles. The van der Waals surface area contributed by atoms with Gasteiger partial charge in [-0.05, 0) is 58.4 Å². The van der Waals surface area contributed by atoms with Gasteiger partial charge in [-0.1, -0.05) is 34.5 Å². The number of nitrogens with zero attached hydrogens (tertiary/aromatic N) is 4. The van der Waals surface area contributed by atoms with Gasteiger partial charge in [0.1, 0.15) is 0 Å². The summed E-state index contributed by atoms with van der Waals surface area (Å²) >= 11 is 13.5. The third kappa shape index (κ3) is 5.27. The fourth-order valence-corrected chi connectivity index (χ4v) is 6.85. The topological polar surface area (TPSA) is 75.5 Å². The molecule has 3 aromatic rings. The van der Waals surface area contributed by atoms with Crippen LogP contribution < -0.4 is 5.56 Å². The van der Waals surface area contributed by atoms with Crippen LogP contribution in [0.5, 0.6) is 0 Å². The Hall–Kier alpha value is -1.30. The molecule has 2 heterocycles. The number of sulfone groups is 1. The van der Waals surface area contributed by atoms with Gasteiger partial charge in [-0.2, -0.15) is 0 Å². The molecule has 0 spiro atoms. The standard InChI is InChI=1S/C23H25Br2ClN4O3S/c1-3-34(32,33)20-5-4-16(26)10-15(20)12-30-14-27-22-17(23(30)31)11-19(24)18(21(22)25)13-29-8-6-28(2)7-9-29/h4-5,10-11,14H,3,6-9,12-13H2,1-2H3. The smallest absolute Gasteiger partial charge is 0.261 e. The molecule has 1 fully saturated rings. The van der Waals surface area contributed by atoms with Crippen molar-refractivity contribution in [3.05, 3.63) is 66.0 Å². The first-order chi connectivity index (χ1) is 16.1. The Kier molecular flexibility index (Phi) is 7.86. The van der Waals surface area contributed by atoms with Crippen molar-refractivity contribution < 1.29 is 8.42 Å². The van der Waals surface area contributed by atoms with Crippen LogP contribution in [0.4, 0.5) is 0 Å². The minimum atomic E-state index is -3.47. The molecule has 0 unspecified atom stereocenters. The fraction of sp³-hybridized carbons (Fsp3) is 0.391. The highest BCUT2D eigenvalue weighted by atomic mass is 79.9. The number of fused-ring (bicyclic) bond motifs is 1. The molecule has 7 nitrogen and oxygen atoms in total. The second-order valence-corrected chi connectivity index (χ2v) is 12.8. The number of aromatic nitrogens is 2. The Balaban J connectivity index is 1.72. The minimum Gasteiger partial charge on any atom is -0.304 e. The van der Waals surface area contributed by atoms with Crippen LogP contribution in [0.1, 0.15) is 18.1 Å². The van der Waals surface area contributed by atoms with Gasteiger partial charge >= 0.3 is 0 Å². The van der Waals surface area contributed by atoms with Crippen LogP contribution in [0.25, 0.3) is 10.9 Å². The molecule has 1 aromatic heterocycles. The molecule has 0 atom stereocenters. The predicted molar refractivity (Wildman–Crippen MR) is 142 cm³/mol. The van der Waals surface area contributed by atoms with E-state index < -0.39 is 9.84 Å². The summed E-state index contributed by atoms with van der Waals surface area (Å²) < 4.78 is 28.2. The average molecular weight is 633 g/mol. The SMILES string of the molecule is CCS(=O)(=O)c1ccc(Cl)cc1Cn1cnc2c(Br)c(CN3CCN(C)CC3)c(Br)cc2c1=O. The Morgan fingerprint density at radius 2 is 1.79 bits per heavy atom. The van der Waals surface area contributed by atoms with E-state index in [0.29, 0.717) is 21.5 Å². The summed E-state index contributed by atoms with van der Waals surface area (Å²) in [6.07, 6.45) is 1.46. The van der Waals surface area contributed by atoms with Crippen LogP contribution in [0.3, 0.4) is 0 Å². The number of likely N-dealkylation sites (N-methyl/N-ethyl adjacent to an activating group) is 1. The number of rotatable bonds is 6. The second-order valence-electron chi connectivity index (χ2n) is 8.46. The van der Waals surface area contributed by atoms with Crippen molar-refractivity contribution in [3.63, 3.8) is 0 Å². The van der Waals surface area contributed by atoms with Gasteiger partial charge in [0.2, 0.25) is 0 Å². The number of hydrogen-bond acceptors (Lipinski definition) is 6. The van der Waals surface area contributed by atoms with Gasteiger partial charge in [-0.15, -0.1) is 0 Å².